The van der Waals surface area contributed by atoms with Crippen LogP contribution in [0.1, 0.15) is 46.5 Å². The van der Waals surface area contributed by atoms with Gasteiger partial charge in [-0.3, -0.25) is 8.37 Å². The van der Waals surface area contributed by atoms with Crippen LogP contribution >= 0.6 is 0 Å². The number of nitrogens with zero attached hydrogens (tertiary/aromatic N) is 1. The molecule has 1 unspecified atom stereocenters. The van der Waals surface area contributed by atoms with E-state index < -0.39 is 31.7 Å². The fraction of sp³-hybridized carbons (Fsp3) is 0.938. The number of piperidine rings is 1. The monoisotopic (exact) mass is 429 g/mol. The topological polar surface area (TPSA) is 127 Å². The molecule has 0 saturated carbocycles. The lowest BCUT2D eigenvalue weighted by atomic mass is 9.66. The summed E-state index contributed by atoms with van der Waals surface area (Å²) in [6.45, 7) is 6.05. The van der Waals surface area contributed by atoms with E-state index in [1.165, 1.54) is 4.90 Å². The summed E-state index contributed by atoms with van der Waals surface area (Å²) in [5.41, 5.74) is -0.807. The minimum Gasteiger partial charge on any atom is -0.465 e. The maximum atomic E-state index is 11.6. The Labute approximate surface area is 162 Å². The predicted octanol–water partition coefficient (Wildman–Crippen LogP) is 1.89. The molecule has 0 aromatic heterocycles. The largest absolute Gasteiger partial charge is 0.465 e. The van der Waals surface area contributed by atoms with Gasteiger partial charge in [0.2, 0.25) is 0 Å². The number of amides is 1. The molecule has 1 amide bonds. The molecule has 1 heterocycles. The highest BCUT2D eigenvalue weighted by Gasteiger charge is 2.45. The quantitative estimate of drug-likeness (QED) is 0.580. The van der Waals surface area contributed by atoms with E-state index in [-0.39, 0.29) is 31.2 Å². The zero-order valence-corrected chi connectivity index (χ0v) is 18.2. The van der Waals surface area contributed by atoms with Crippen LogP contribution in [0.2, 0.25) is 0 Å². The first kappa shape index (κ1) is 24.1. The highest BCUT2D eigenvalue weighted by Crippen LogP contribution is 2.45. The second-order valence-electron chi connectivity index (χ2n) is 8.36. The number of hydrogen-bond donors (Lipinski definition) is 1. The maximum Gasteiger partial charge on any atom is 0.407 e. The fourth-order valence-electron chi connectivity index (χ4n) is 3.54. The molecule has 0 spiro atoms. The van der Waals surface area contributed by atoms with E-state index in [0.29, 0.717) is 25.7 Å². The van der Waals surface area contributed by atoms with Crippen molar-refractivity contribution in [3.8, 4) is 0 Å². The molecule has 27 heavy (non-hydrogen) atoms. The number of hydrogen-bond acceptors (Lipinski definition) is 7. The van der Waals surface area contributed by atoms with Crippen molar-refractivity contribution >= 4 is 26.3 Å². The van der Waals surface area contributed by atoms with Crippen molar-refractivity contribution in [2.24, 2.45) is 10.8 Å². The summed E-state index contributed by atoms with van der Waals surface area (Å²) in [7, 11) is -7.19. The Morgan fingerprint density at radius 2 is 1.52 bits per heavy atom. The summed E-state index contributed by atoms with van der Waals surface area (Å²) in [5, 5.41) is 9.53. The van der Waals surface area contributed by atoms with Gasteiger partial charge in [-0.2, -0.15) is 16.8 Å². The molecule has 1 N–H and O–H groups in total. The molecule has 1 atom stereocenters. The van der Waals surface area contributed by atoms with Crippen LogP contribution in [0.15, 0.2) is 0 Å². The molecule has 0 radical (unpaired) electrons. The van der Waals surface area contributed by atoms with Crippen LogP contribution in [-0.4, -0.2) is 71.2 Å². The molecule has 1 aliphatic rings. The smallest absolute Gasteiger partial charge is 0.407 e. The first-order chi connectivity index (χ1) is 12.0. The molecule has 0 aliphatic carbocycles. The van der Waals surface area contributed by atoms with Crippen molar-refractivity contribution in [3.63, 3.8) is 0 Å². The van der Waals surface area contributed by atoms with Crippen LogP contribution in [-0.2, 0) is 28.6 Å². The number of likely N-dealkylation sites (tertiary alicyclic amines) is 1. The lowest BCUT2D eigenvalue weighted by Crippen LogP contribution is -2.55. The Morgan fingerprint density at radius 3 is 1.85 bits per heavy atom. The molecular weight excluding hydrogens is 398 g/mol. The van der Waals surface area contributed by atoms with E-state index in [1.807, 2.05) is 20.8 Å². The number of rotatable bonds is 8. The molecule has 160 valence electrons. The van der Waals surface area contributed by atoms with Crippen LogP contribution < -0.4 is 0 Å². The lowest BCUT2D eigenvalue weighted by Gasteiger charge is -2.50. The molecule has 0 aromatic rings. The normalized spacial score (nSPS) is 21.2. The van der Waals surface area contributed by atoms with E-state index in [9.17, 15) is 26.7 Å². The molecular formula is C16H31NO8S2. The van der Waals surface area contributed by atoms with Gasteiger partial charge in [0.05, 0.1) is 25.7 Å². The average Bonchev–Trinajstić information content (AvgIpc) is 2.43. The van der Waals surface area contributed by atoms with Gasteiger partial charge in [0.15, 0.2) is 0 Å². The van der Waals surface area contributed by atoms with Crippen LogP contribution in [0, 0.1) is 10.8 Å². The van der Waals surface area contributed by atoms with Gasteiger partial charge in [-0.25, -0.2) is 4.79 Å². The summed E-state index contributed by atoms with van der Waals surface area (Å²) >= 11 is 0. The Balaban J connectivity index is 3.03. The van der Waals surface area contributed by atoms with E-state index in [2.05, 4.69) is 0 Å². The highest BCUT2D eigenvalue weighted by atomic mass is 32.2. The Kier molecular flexibility index (Phi) is 7.71. The summed E-state index contributed by atoms with van der Waals surface area (Å²) in [6.07, 6.45) is 2.63. The van der Waals surface area contributed by atoms with Crippen LogP contribution in [0.3, 0.4) is 0 Å². The summed E-state index contributed by atoms with van der Waals surface area (Å²) < 4.78 is 54.9. The van der Waals surface area contributed by atoms with Crippen LogP contribution in [0.25, 0.3) is 0 Å². The molecule has 1 aliphatic heterocycles. The SMILES string of the molecule is CC(C)(C)C1CC(CCOS(C)(=O)=O)(CCOS(C)(=O)=O)CCN1C(=O)O. The van der Waals surface area contributed by atoms with Crippen molar-refractivity contribution < 1.29 is 35.1 Å². The van der Waals surface area contributed by atoms with Gasteiger partial charge in [0.25, 0.3) is 20.2 Å². The molecule has 11 heteroatoms. The summed E-state index contributed by atoms with van der Waals surface area (Å²) in [6, 6.07) is -0.291. The second-order valence-corrected chi connectivity index (χ2v) is 11.7. The zero-order chi connectivity index (χ0) is 21.1. The molecule has 9 nitrogen and oxygen atoms in total. The van der Waals surface area contributed by atoms with Gasteiger partial charge >= 0.3 is 6.09 Å². The van der Waals surface area contributed by atoms with Crippen LogP contribution in [0.4, 0.5) is 4.79 Å². The number of carbonyl (C=O) groups is 1. The minimum atomic E-state index is -3.59. The van der Waals surface area contributed by atoms with E-state index in [0.717, 1.165) is 12.5 Å². The third-order valence-electron chi connectivity index (χ3n) is 4.99. The second kappa shape index (κ2) is 8.62. The molecule has 1 fully saturated rings. The van der Waals surface area contributed by atoms with Crippen molar-refractivity contribution in [3.05, 3.63) is 0 Å². The summed E-state index contributed by atoms with van der Waals surface area (Å²) in [4.78, 5) is 13.0. The molecule has 0 aromatic carbocycles. The van der Waals surface area contributed by atoms with Gasteiger partial charge in [-0.05, 0) is 36.5 Å². The predicted molar refractivity (Wildman–Crippen MR) is 100 cm³/mol. The lowest BCUT2D eigenvalue weighted by molar-refractivity contribution is -0.0130. The number of carboxylic acid groups (broad SMARTS) is 1. The van der Waals surface area contributed by atoms with E-state index in [1.54, 1.807) is 0 Å². The average molecular weight is 430 g/mol. The van der Waals surface area contributed by atoms with Crippen molar-refractivity contribution in [2.75, 3.05) is 32.3 Å². The third kappa shape index (κ3) is 8.32. The first-order valence-corrected chi connectivity index (χ1v) is 12.4. The third-order valence-corrected chi connectivity index (χ3v) is 6.18. The van der Waals surface area contributed by atoms with E-state index in [4.69, 9.17) is 8.37 Å². The fourth-order valence-corrected chi connectivity index (χ4v) is 4.31. The first-order valence-electron chi connectivity index (χ1n) is 8.73. The van der Waals surface area contributed by atoms with Gasteiger partial charge in [0, 0.05) is 12.6 Å². The molecule has 1 saturated heterocycles. The highest BCUT2D eigenvalue weighted by molar-refractivity contribution is 7.86. The van der Waals surface area contributed by atoms with Gasteiger partial charge in [-0.15, -0.1) is 0 Å². The van der Waals surface area contributed by atoms with E-state index >= 15 is 0 Å². The Morgan fingerprint density at radius 1 is 1.07 bits per heavy atom. The zero-order valence-electron chi connectivity index (χ0n) is 16.6. The van der Waals surface area contributed by atoms with Crippen LogP contribution in [0.5, 0.6) is 0 Å². The minimum absolute atomic E-state index is 0.0400. The maximum absolute atomic E-state index is 11.6. The molecule has 1 rings (SSSR count). The Hall–Kier alpha value is -0.910. The van der Waals surface area contributed by atoms with Gasteiger partial charge in [-0.1, -0.05) is 20.8 Å². The summed E-state index contributed by atoms with van der Waals surface area (Å²) in [5.74, 6) is 0. The van der Waals surface area contributed by atoms with Crippen molar-refractivity contribution in [1.29, 1.82) is 0 Å². The Bertz CT molecular complexity index is 686. The van der Waals surface area contributed by atoms with Crippen molar-refractivity contribution in [2.45, 2.75) is 52.5 Å². The van der Waals surface area contributed by atoms with Gasteiger partial charge in [0.1, 0.15) is 0 Å². The molecule has 0 bridgehead atoms. The van der Waals surface area contributed by atoms with Crippen molar-refractivity contribution in [1.82, 2.24) is 4.90 Å². The van der Waals surface area contributed by atoms with Gasteiger partial charge < -0.3 is 10.0 Å². The standard InChI is InChI=1S/C16H31NO8S2/c1-15(2,3)13-12-16(6-9-17(13)14(18)19,7-10-24-26(4,20)21)8-11-25-27(5,22)23/h13H,6-12H2,1-5H3,(H,18,19).